The molecule has 1 aliphatic heterocycles. The van der Waals surface area contributed by atoms with Gasteiger partial charge in [-0.3, -0.25) is 0 Å². The van der Waals surface area contributed by atoms with E-state index in [1.54, 1.807) is 0 Å². The maximum atomic E-state index is 8.70. The molecule has 1 aliphatic rings. The summed E-state index contributed by atoms with van der Waals surface area (Å²) < 4.78 is 8.70. The van der Waals surface area contributed by atoms with Crippen LogP contribution >= 0.6 is 23.8 Å². The Morgan fingerprint density at radius 2 is 2.44 bits per heavy atom. The summed E-state index contributed by atoms with van der Waals surface area (Å²) in [6.07, 6.45) is 1.04. The zero-order valence-corrected chi connectivity index (χ0v) is 7.18. The van der Waals surface area contributed by atoms with E-state index in [1.165, 1.54) is 4.91 Å². The van der Waals surface area contributed by atoms with Gasteiger partial charge in [-0.2, -0.15) is 0 Å². The highest BCUT2D eigenvalue weighted by Crippen LogP contribution is 2.41. The van der Waals surface area contributed by atoms with Gasteiger partial charge in [0, 0.05) is 22.2 Å². The van der Waals surface area contributed by atoms with Gasteiger partial charge in [-0.1, -0.05) is 6.92 Å². The van der Waals surface area contributed by atoms with Crippen LogP contribution < -0.4 is 0 Å². The second kappa shape index (κ2) is 2.99. The van der Waals surface area contributed by atoms with Gasteiger partial charge in [0.1, 0.15) is 0 Å². The van der Waals surface area contributed by atoms with Gasteiger partial charge >= 0.3 is 0 Å². The first-order chi connectivity index (χ1) is 4.24. The third-order valence-corrected chi connectivity index (χ3v) is 3.35. The predicted octanol–water partition coefficient (Wildman–Crippen LogP) is 2.95. The third-order valence-electron chi connectivity index (χ3n) is 1.35. The fourth-order valence-corrected chi connectivity index (χ4v) is 2.80. The van der Waals surface area contributed by atoms with Crippen LogP contribution in [0.1, 0.15) is 20.3 Å². The summed E-state index contributed by atoms with van der Waals surface area (Å²) in [5.41, 5.74) is 0. The standard InChI is InChI=1S/C6H10OS2/c1-4-3-6(9-7)5(2)8-4/h4,7H,3H2,1-2H3. The van der Waals surface area contributed by atoms with Crippen molar-refractivity contribution in [3.63, 3.8) is 0 Å². The Morgan fingerprint density at radius 3 is 2.67 bits per heavy atom. The zero-order chi connectivity index (χ0) is 6.85. The summed E-state index contributed by atoms with van der Waals surface area (Å²) in [6.45, 7) is 4.24. The van der Waals surface area contributed by atoms with Crippen molar-refractivity contribution in [1.29, 1.82) is 0 Å². The van der Waals surface area contributed by atoms with Crippen molar-refractivity contribution >= 4 is 23.8 Å². The molecular formula is C6H10OS2. The smallest absolute Gasteiger partial charge is 0.0229 e. The molecular weight excluding hydrogens is 152 g/mol. The molecule has 3 heteroatoms. The van der Waals surface area contributed by atoms with Gasteiger partial charge in [0.15, 0.2) is 0 Å². The van der Waals surface area contributed by atoms with E-state index in [2.05, 4.69) is 13.8 Å². The van der Waals surface area contributed by atoms with Crippen LogP contribution in [0.25, 0.3) is 0 Å². The highest BCUT2D eigenvalue weighted by molar-refractivity contribution is 8.06. The highest BCUT2D eigenvalue weighted by atomic mass is 32.2. The topological polar surface area (TPSA) is 20.2 Å². The average Bonchev–Trinajstić information content (AvgIpc) is 2.10. The lowest BCUT2D eigenvalue weighted by Crippen LogP contribution is -1.86. The van der Waals surface area contributed by atoms with E-state index in [9.17, 15) is 0 Å². The highest BCUT2D eigenvalue weighted by Gasteiger charge is 2.18. The normalized spacial score (nSPS) is 27.7. The Bertz CT molecular complexity index is 142. The van der Waals surface area contributed by atoms with E-state index in [0.717, 1.165) is 23.4 Å². The molecule has 1 N–H and O–H groups in total. The van der Waals surface area contributed by atoms with Crippen LogP contribution in [0.5, 0.6) is 0 Å². The molecule has 0 aliphatic carbocycles. The van der Waals surface area contributed by atoms with Crippen molar-refractivity contribution in [2.75, 3.05) is 0 Å². The first kappa shape index (κ1) is 7.51. The average molecular weight is 162 g/mol. The van der Waals surface area contributed by atoms with E-state index in [1.807, 2.05) is 11.8 Å². The number of rotatable bonds is 1. The maximum Gasteiger partial charge on any atom is 0.0229 e. The van der Waals surface area contributed by atoms with Gasteiger partial charge in [-0.25, -0.2) is 0 Å². The molecule has 1 rings (SSSR count). The molecule has 0 fully saturated rings. The predicted molar refractivity (Wildman–Crippen MR) is 44.6 cm³/mol. The molecule has 0 amide bonds. The van der Waals surface area contributed by atoms with Gasteiger partial charge in [0.2, 0.25) is 0 Å². The zero-order valence-electron chi connectivity index (χ0n) is 5.55. The van der Waals surface area contributed by atoms with Crippen molar-refractivity contribution in [2.45, 2.75) is 25.5 Å². The molecule has 0 saturated carbocycles. The molecule has 1 atom stereocenters. The molecule has 1 unspecified atom stereocenters. The fourth-order valence-electron chi connectivity index (χ4n) is 0.916. The van der Waals surface area contributed by atoms with Crippen molar-refractivity contribution in [3.8, 4) is 0 Å². The second-order valence-corrected chi connectivity index (χ2v) is 4.53. The number of hydrogen-bond donors (Lipinski definition) is 1. The van der Waals surface area contributed by atoms with Gasteiger partial charge < -0.3 is 4.55 Å². The largest absolute Gasteiger partial charge is 0.326 e. The van der Waals surface area contributed by atoms with Gasteiger partial charge in [0.25, 0.3) is 0 Å². The summed E-state index contributed by atoms with van der Waals surface area (Å²) in [7, 11) is 0. The van der Waals surface area contributed by atoms with E-state index in [0.29, 0.717) is 5.25 Å². The monoisotopic (exact) mass is 162 g/mol. The Labute approximate surface area is 64.1 Å². The Hall–Kier alpha value is 0.400. The molecule has 0 bridgehead atoms. The molecule has 0 saturated heterocycles. The number of allylic oxidation sites excluding steroid dienone is 2. The summed E-state index contributed by atoms with van der Waals surface area (Å²) >= 11 is 2.75. The van der Waals surface area contributed by atoms with Gasteiger partial charge in [-0.15, -0.1) is 11.8 Å². The van der Waals surface area contributed by atoms with Gasteiger partial charge in [-0.05, 0) is 18.2 Å². The molecule has 0 aromatic rings. The molecule has 0 aromatic carbocycles. The summed E-state index contributed by atoms with van der Waals surface area (Å²) in [5, 5.41) is 0.666. The van der Waals surface area contributed by atoms with Crippen molar-refractivity contribution < 1.29 is 4.55 Å². The van der Waals surface area contributed by atoms with Crippen molar-refractivity contribution in [2.24, 2.45) is 0 Å². The van der Waals surface area contributed by atoms with Crippen LogP contribution in [0.2, 0.25) is 0 Å². The van der Waals surface area contributed by atoms with Crippen LogP contribution in [0.15, 0.2) is 9.81 Å². The lowest BCUT2D eigenvalue weighted by atomic mass is 10.3. The second-order valence-electron chi connectivity index (χ2n) is 2.20. The summed E-state index contributed by atoms with van der Waals surface area (Å²) in [6, 6.07) is 0. The van der Waals surface area contributed by atoms with Crippen LogP contribution in [-0.2, 0) is 0 Å². The summed E-state index contributed by atoms with van der Waals surface area (Å²) in [4.78, 5) is 2.43. The van der Waals surface area contributed by atoms with Crippen LogP contribution in [0.4, 0.5) is 0 Å². The lowest BCUT2D eigenvalue weighted by molar-refractivity contribution is 0.667. The van der Waals surface area contributed by atoms with E-state index in [-0.39, 0.29) is 0 Å². The Balaban J connectivity index is 2.58. The lowest BCUT2D eigenvalue weighted by Gasteiger charge is -1.95. The van der Waals surface area contributed by atoms with E-state index < -0.39 is 0 Å². The van der Waals surface area contributed by atoms with E-state index >= 15 is 0 Å². The van der Waals surface area contributed by atoms with Crippen LogP contribution in [0, 0.1) is 0 Å². The summed E-state index contributed by atoms with van der Waals surface area (Å²) in [5.74, 6) is 0. The first-order valence-electron chi connectivity index (χ1n) is 2.92. The number of thioether (sulfide) groups is 1. The minimum atomic E-state index is 0.666. The molecule has 0 aromatic heterocycles. The minimum Gasteiger partial charge on any atom is -0.326 e. The third kappa shape index (κ3) is 1.66. The van der Waals surface area contributed by atoms with E-state index in [4.69, 9.17) is 4.55 Å². The van der Waals surface area contributed by atoms with Crippen LogP contribution in [0.3, 0.4) is 0 Å². The fraction of sp³-hybridized carbons (Fsp3) is 0.667. The molecule has 52 valence electrons. The quantitative estimate of drug-likeness (QED) is 0.599. The van der Waals surface area contributed by atoms with Crippen molar-refractivity contribution in [1.82, 2.24) is 0 Å². The van der Waals surface area contributed by atoms with Gasteiger partial charge in [0.05, 0.1) is 0 Å². The van der Waals surface area contributed by atoms with Crippen molar-refractivity contribution in [3.05, 3.63) is 9.81 Å². The first-order valence-corrected chi connectivity index (χ1v) is 4.57. The maximum absolute atomic E-state index is 8.70. The number of hydrogen-bond acceptors (Lipinski definition) is 3. The molecule has 9 heavy (non-hydrogen) atoms. The Morgan fingerprint density at radius 1 is 1.78 bits per heavy atom. The van der Waals surface area contributed by atoms with Crippen LogP contribution in [-0.4, -0.2) is 9.80 Å². The molecule has 1 nitrogen and oxygen atoms in total. The molecule has 0 radical (unpaired) electrons. The minimum absolute atomic E-state index is 0.666. The Kier molecular flexibility index (Phi) is 2.50. The molecule has 1 heterocycles. The SMILES string of the molecule is CC1=C(SO)CC(C)S1. The molecule has 0 spiro atoms.